The second-order valence-electron chi connectivity index (χ2n) is 10.8. The number of rotatable bonds is 8. The maximum absolute atomic E-state index is 14.7. The van der Waals surface area contributed by atoms with Gasteiger partial charge in [-0.3, -0.25) is 14.6 Å². The van der Waals surface area contributed by atoms with Crippen LogP contribution in [0.5, 0.6) is 17.2 Å². The van der Waals surface area contributed by atoms with Crippen molar-refractivity contribution in [2.75, 3.05) is 20.0 Å². The van der Waals surface area contributed by atoms with Gasteiger partial charge in [0, 0.05) is 46.4 Å². The Morgan fingerprint density at radius 2 is 1.89 bits per heavy atom. The van der Waals surface area contributed by atoms with Crippen LogP contribution in [-0.2, 0) is 4.79 Å². The number of ether oxygens (including phenoxy) is 3. The molecule has 10 nitrogen and oxygen atoms in total. The standard InChI is InChI=1S/C31H27F3N4O5.CH3FO/c1-3-4-17(13-37-30(40)19-8-18-7-15(2)12-36-26(18)22(32)9-19)23-11-20-21(29(35)39)14-41-28(20)27(38-23)16-5-6-24-25(10-16)43-31(33,34)42-24;2-1-3/h5-12,17,21H,3-4,13-14H2,1-2H3,(H2,35,39)(H,37,40);3H,1H2. The Morgan fingerprint density at radius 1 is 1.15 bits per heavy atom. The van der Waals surface area contributed by atoms with Gasteiger partial charge in [0.2, 0.25) is 5.91 Å². The molecule has 2 atom stereocenters. The molecule has 4 heterocycles. The minimum absolute atomic E-state index is 0.00244. The molecular weight excluding hydrogens is 612 g/mol. The molecule has 0 saturated heterocycles. The molecule has 2 aromatic carbocycles. The fraction of sp³-hybridized carbons (Fsp3) is 0.312. The molecule has 2 aromatic heterocycles. The van der Waals surface area contributed by atoms with Gasteiger partial charge in [0.1, 0.15) is 35.3 Å². The topological polar surface area (TPSA) is 146 Å². The zero-order valence-electron chi connectivity index (χ0n) is 24.8. The van der Waals surface area contributed by atoms with E-state index in [1.165, 1.54) is 12.1 Å². The van der Waals surface area contributed by atoms with Gasteiger partial charge in [0.05, 0.1) is 0 Å². The van der Waals surface area contributed by atoms with Crippen molar-refractivity contribution >= 4 is 22.7 Å². The molecule has 2 amide bonds. The summed E-state index contributed by atoms with van der Waals surface area (Å²) < 4.78 is 66.9. The number of aromatic nitrogens is 2. The lowest BCUT2D eigenvalue weighted by atomic mass is 9.92. The van der Waals surface area contributed by atoms with E-state index in [4.69, 9.17) is 20.6 Å². The first kappa shape index (κ1) is 32.4. The van der Waals surface area contributed by atoms with Crippen LogP contribution in [0.1, 0.15) is 58.8 Å². The third-order valence-corrected chi connectivity index (χ3v) is 7.51. The first-order chi connectivity index (χ1) is 21.9. The molecule has 0 aliphatic carbocycles. The summed E-state index contributed by atoms with van der Waals surface area (Å²) in [7, 11) is 0. The molecule has 0 bridgehead atoms. The van der Waals surface area contributed by atoms with Gasteiger partial charge in [-0.2, -0.15) is 0 Å². The summed E-state index contributed by atoms with van der Waals surface area (Å²) in [5, 5.41) is 10.3. The zero-order valence-corrected chi connectivity index (χ0v) is 24.8. The van der Waals surface area contributed by atoms with Gasteiger partial charge in [-0.15, -0.1) is 8.78 Å². The van der Waals surface area contributed by atoms with Crippen molar-refractivity contribution in [1.82, 2.24) is 15.3 Å². The van der Waals surface area contributed by atoms with Gasteiger partial charge in [-0.25, -0.2) is 13.8 Å². The van der Waals surface area contributed by atoms with Gasteiger partial charge in [0.15, 0.2) is 18.4 Å². The van der Waals surface area contributed by atoms with Gasteiger partial charge < -0.3 is 30.4 Å². The molecule has 2 aliphatic heterocycles. The maximum atomic E-state index is 14.7. The Hall–Kier alpha value is -4.98. The fourth-order valence-corrected chi connectivity index (χ4v) is 5.44. The molecule has 4 aromatic rings. The number of nitrogens with zero attached hydrogens (tertiary/aromatic N) is 2. The zero-order chi connectivity index (χ0) is 33.2. The van der Waals surface area contributed by atoms with Crippen LogP contribution in [-0.4, -0.2) is 53.2 Å². The van der Waals surface area contributed by atoms with Crippen LogP contribution in [0.25, 0.3) is 22.2 Å². The molecule has 0 saturated carbocycles. The number of fused-ring (bicyclic) bond motifs is 3. The quantitative estimate of drug-likeness (QED) is 0.221. The number of nitrogens with two attached hydrogens (primary N) is 1. The number of hydrogen-bond acceptors (Lipinski definition) is 8. The second kappa shape index (κ2) is 13.2. The number of halogens is 4. The SMILES string of the molecule is CCCC(CNC(=O)c1cc(F)c2ncc(C)cc2c1)c1cc2c(c(-c3ccc4c(c3)OC(F)(F)O4)n1)OCC2C(N)=O.OCF. The second-order valence-corrected chi connectivity index (χ2v) is 10.8. The van der Waals surface area contributed by atoms with Crippen LogP contribution in [0.15, 0.2) is 48.7 Å². The monoisotopic (exact) mass is 642 g/mol. The van der Waals surface area contributed by atoms with E-state index in [-0.39, 0.29) is 41.6 Å². The van der Waals surface area contributed by atoms with Crippen LogP contribution >= 0.6 is 0 Å². The van der Waals surface area contributed by atoms with E-state index >= 15 is 0 Å². The van der Waals surface area contributed by atoms with E-state index in [0.717, 1.165) is 18.1 Å². The fourth-order valence-electron chi connectivity index (χ4n) is 5.44. The highest BCUT2D eigenvalue weighted by atomic mass is 19.3. The minimum Gasteiger partial charge on any atom is -0.490 e. The molecule has 2 aliphatic rings. The Balaban J connectivity index is 0.00000134. The van der Waals surface area contributed by atoms with Crippen molar-refractivity contribution in [3.8, 4) is 28.5 Å². The van der Waals surface area contributed by atoms with Crippen LogP contribution < -0.4 is 25.3 Å². The van der Waals surface area contributed by atoms with Gasteiger partial charge in [-0.1, -0.05) is 13.3 Å². The summed E-state index contributed by atoms with van der Waals surface area (Å²) in [5.41, 5.74) is 8.59. The van der Waals surface area contributed by atoms with Crippen LogP contribution in [0.4, 0.5) is 17.6 Å². The summed E-state index contributed by atoms with van der Waals surface area (Å²) in [5.74, 6) is -2.71. The van der Waals surface area contributed by atoms with E-state index in [0.29, 0.717) is 40.1 Å². The number of carbonyl (C=O) groups excluding carboxylic acids is 2. The number of aliphatic hydroxyl groups is 1. The van der Waals surface area contributed by atoms with Crippen molar-refractivity contribution in [2.24, 2.45) is 5.73 Å². The average molecular weight is 643 g/mol. The normalized spacial score (nSPS) is 16.2. The molecule has 4 N–H and O–H groups in total. The Bertz CT molecular complexity index is 1800. The number of carbonyl (C=O) groups is 2. The summed E-state index contributed by atoms with van der Waals surface area (Å²) in [6.07, 6.45) is -0.889. The molecule has 2 unspecified atom stereocenters. The Morgan fingerprint density at radius 3 is 2.61 bits per heavy atom. The number of hydrogen-bond donors (Lipinski definition) is 3. The number of nitrogens with one attached hydrogen (secondary N) is 1. The summed E-state index contributed by atoms with van der Waals surface area (Å²) in [6, 6.07) is 10.5. The largest absolute Gasteiger partial charge is 0.586 e. The Kier molecular flexibility index (Phi) is 9.28. The number of primary amides is 1. The lowest BCUT2D eigenvalue weighted by molar-refractivity contribution is -0.286. The van der Waals surface area contributed by atoms with Crippen LogP contribution in [0.3, 0.4) is 0 Å². The number of alkyl halides is 3. The number of aryl methyl sites for hydroxylation is 1. The van der Waals surface area contributed by atoms with E-state index in [9.17, 15) is 27.2 Å². The lowest BCUT2D eigenvalue weighted by Crippen LogP contribution is -2.29. The predicted molar refractivity (Wildman–Crippen MR) is 158 cm³/mol. The molecule has 0 fully saturated rings. The van der Waals surface area contributed by atoms with Crippen molar-refractivity contribution in [3.63, 3.8) is 0 Å². The molecule has 0 spiro atoms. The molecule has 0 radical (unpaired) electrons. The number of benzene rings is 2. The summed E-state index contributed by atoms with van der Waals surface area (Å²) in [4.78, 5) is 34.4. The first-order valence-corrected chi connectivity index (χ1v) is 14.3. The number of pyridine rings is 2. The predicted octanol–water partition coefficient (Wildman–Crippen LogP) is 5.25. The van der Waals surface area contributed by atoms with E-state index < -0.39 is 36.7 Å². The van der Waals surface area contributed by atoms with Crippen LogP contribution in [0, 0.1) is 12.7 Å². The molecule has 14 heteroatoms. The highest BCUT2D eigenvalue weighted by molar-refractivity contribution is 5.98. The van der Waals surface area contributed by atoms with Gasteiger partial charge in [-0.05, 0) is 61.4 Å². The average Bonchev–Trinajstić information content (AvgIpc) is 3.57. The highest BCUT2D eigenvalue weighted by Crippen LogP contribution is 2.47. The molecule has 242 valence electrons. The first-order valence-electron chi connectivity index (χ1n) is 14.3. The number of amides is 2. The van der Waals surface area contributed by atoms with Crippen molar-refractivity contribution in [3.05, 3.63) is 76.9 Å². The van der Waals surface area contributed by atoms with E-state index in [1.54, 1.807) is 30.5 Å². The third kappa shape index (κ3) is 6.66. The maximum Gasteiger partial charge on any atom is 0.586 e. The van der Waals surface area contributed by atoms with Crippen molar-refractivity contribution in [1.29, 1.82) is 0 Å². The molecular formula is C32H30F4N4O6. The number of aliphatic hydroxyl groups excluding tert-OH is 1. The third-order valence-electron chi connectivity index (χ3n) is 7.51. The highest BCUT2D eigenvalue weighted by Gasteiger charge is 2.44. The van der Waals surface area contributed by atoms with E-state index in [1.807, 2.05) is 13.8 Å². The summed E-state index contributed by atoms with van der Waals surface area (Å²) in [6.45, 7) is 2.71. The Labute approximate surface area is 260 Å². The lowest BCUT2D eigenvalue weighted by Gasteiger charge is -2.20. The molecule has 6 rings (SSSR count). The van der Waals surface area contributed by atoms with Crippen LogP contribution in [0.2, 0.25) is 0 Å². The summed E-state index contributed by atoms with van der Waals surface area (Å²) >= 11 is 0. The van der Waals surface area contributed by atoms with Crippen molar-refractivity contribution < 1.29 is 46.5 Å². The van der Waals surface area contributed by atoms with E-state index in [2.05, 4.69) is 19.8 Å². The minimum atomic E-state index is -3.79. The van der Waals surface area contributed by atoms with Gasteiger partial charge in [0.25, 0.3) is 5.91 Å². The van der Waals surface area contributed by atoms with Crippen molar-refractivity contribution in [2.45, 2.75) is 44.8 Å². The smallest absolute Gasteiger partial charge is 0.490 e. The van der Waals surface area contributed by atoms with Gasteiger partial charge >= 0.3 is 6.29 Å². The molecule has 46 heavy (non-hydrogen) atoms.